The van der Waals surface area contributed by atoms with Gasteiger partial charge in [-0.2, -0.15) is 5.10 Å². The SMILES string of the molecule is CO[C@@H]1C=CO[C@@]2(C)Oc3c(C)c(O)c4c(O)c(c(C=NN5CCCCCCCCCCCCCCC5)c(O)c4c3C2=O)NC(=O)C(C)=CC=C[C@H](C)[C@H](O)[C@H](C)[C@H](O)[C@H](C)[C@H](OC(C)=O)[C@H]1C. The van der Waals surface area contributed by atoms with Crippen LogP contribution in [-0.2, 0) is 23.8 Å². The number of anilines is 1. The Morgan fingerprint density at radius 1 is 0.809 bits per heavy atom. The number of nitrogens with zero attached hydrogens (tertiary/aromatic N) is 2. The van der Waals surface area contributed by atoms with Gasteiger partial charge in [0.25, 0.3) is 11.7 Å². The van der Waals surface area contributed by atoms with E-state index in [1.165, 1.54) is 97.5 Å². The highest BCUT2D eigenvalue weighted by Crippen LogP contribution is 2.55. The number of allylic oxidation sites excluding steroid dienone is 2. The Morgan fingerprint density at radius 2 is 1.38 bits per heavy atom. The summed E-state index contributed by atoms with van der Waals surface area (Å²) in [6.07, 6.45) is 19.9. The first kappa shape index (κ1) is 53.8. The van der Waals surface area contributed by atoms with Crippen LogP contribution in [0.5, 0.6) is 23.0 Å². The summed E-state index contributed by atoms with van der Waals surface area (Å²) < 4.78 is 23.9. The maximum atomic E-state index is 14.7. The van der Waals surface area contributed by atoms with Crippen LogP contribution in [0.15, 0.2) is 41.2 Å². The van der Waals surface area contributed by atoms with Crippen LogP contribution < -0.4 is 10.1 Å². The van der Waals surface area contributed by atoms with E-state index in [0.717, 1.165) is 38.5 Å². The number of aliphatic hydroxyl groups is 2. The molecule has 1 saturated heterocycles. The Morgan fingerprint density at radius 3 is 1.94 bits per heavy atom. The van der Waals surface area contributed by atoms with Crippen LogP contribution in [0.25, 0.3) is 10.8 Å². The van der Waals surface area contributed by atoms with E-state index in [2.05, 4.69) is 5.32 Å². The molecule has 0 aliphatic carbocycles. The van der Waals surface area contributed by atoms with Crippen molar-refractivity contribution in [3.63, 3.8) is 0 Å². The van der Waals surface area contributed by atoms with Crippen molar-refractivity contribution in [3.8, 4) is 23.0 Å². The smallest absolute Gasteiger partial charge is 0.312 e. The fraction of sp³-hybridized carbons (Fsp3) is 0.623. The van der Waals surface area contributed by atoms with E-state index in [1.807, 2.05) is 5.01 Å². The normalized spacial score (nSPS) is 29.2. The third-order valence-electron chi connectivity index (χ3n) is 14.2. The van der Waals surface area contributed by atoms with Crippen LogP contribution in [0, 0.1) is 30.6 Å². The number of hydrazone groups is 1. The molecular weight excluding hydrogens is 871 g/mol. The number of amides is 1. The molecule has 1 amide bonds. The molecule has 0 saturated carbocycles. The average molecular weight is 948 g/mol. The predicted octanol–water partition coefficient (Wildman–Crippen LogP) is 9.47. The largest absolute Gasteiger partial charge is 0.507 e. The first-order valence-electron chi connectivity index (χ1n) is 24.7. The Kier molecular flexibility index (Phi) is 19.3. The Labute approximate surface area is 402 Å². The highest BCUT2D eigenvalue weighted by molar-refractivity contribution is 6.23. The number of ketones is 1. The highest BCUT2D eigenvalue weighted by atomic mass is 16.7. The van der Waals surface area contributed by atoms with Gasteiger partial charge in [-0.15, -0.1) is 0 Å². The molecule has 15 nitrogen and oxygen atoms in total. The van der Waals surface area contributed by atoms with E-state index in [-0.39, 0.29) is 44.5 Å². The van der Waals surface area contributed by atoms with Gasteiger partial charge in [-0.25, -0.2) is 0 Å². The lowest BCUT2D eigenvalue weighted by atomic mass is 9.78. The number of esters is 1. The summed E-state index contributed by atoms with van der Waals surface area (Å²) in [6, 6.07) is 0. The zero-order valence-electron chi connectivity index (χ0n) is 41.7. The van der Waals surface area contributed by atoms with Crippen LogP contribution in [-0.4, -0.2) is 105 Å². The van der Waals surface area contributed by atoms with Crippen LogP contribution in [0.1, 0.15) is 153 Å². The minimum atomic E-state index is -2.05. The van der Waals surface area contributed by atoms with Gasteiger partial charge in [0.05, 0.1) is 53.0 Å². The van der Waals surface area contributed by atoms with Gasteiger partial charge in [0, 0.05) is 74.2 Å². The molecule has 0 spiro atoms. The molecule has 0 unspecified atom stereocenters. The van der Waals surface area contributed by atoms with Gasteiger partial charge in [-0.3, -0.25) is 19.4 Å². The standard InChI is InChI=1S/C53H77N3O12/c1-31-24-23-25-32(2)52(64)55-43-38(30-54-56-27-21-19-17-15-13-11-10-12-14-16-18-20-22-28-56)47(61)40-41(48(43)62)46(60)36(6)50-42(40)51(63)53(8,68-50)66-29-26-39(65-9)33(3)49(67-37(7)57)35(5)45(59)34(4)44(31)58/h23-26,29-31,33-35,39,44-45,49,58-62H,10-22,27-28H2,1-9H3,(H,55,64)/t31-,33-,34-,35-,39+,44-,45-,49+,53-/m0/s1. The van der Waals surface area contributed by atoms with Crippen molar-refractivity contribution in [1.82, 2.24) is 5.01 Å². The second-order valence-electron chi connectivity index (χ2n) is 19.4. The summed E-state index contributed by atoms with van der Waals surface area (Å²) in [5.74, 6) is -8.23. The summed E-state index contributed by atoms with van der Waals surface area (Å²) in [7, 11) is 1.45. The van der Waals surface area contributed by atoms with Gasteiger partial charge in [-0.05, 0) is 32.8 Å². The molecule has 6 rings (SSSR count). The average Bonchev–Trinajstić information content (AvgIpc) is 3.57. The molecule has 0 radical (unpaired) electrons. The summed E-state index contributed by atoms with van der Waals surface area (Å²) in [6.45, 7) is 14.0. The number of carbonyl (C=O) groups excluding carboxylic acids is 3. The van der Waals surface area contributed by atoms with Crippen molar-refractivity contribution in [2.24, 2.45) is 28.8 Å². The van der Waals surface area contributed by atoms with E-state index in [9.17, 15) is 39.9 Å². The number of ether oxygens (including phenoxy) is 4. The van der Waals surface area contributed by atoms with Crippen molar-refractivity contribution in [2.45, 2.75) is 169 Å². The number of benzene rings is 2. The highest BCUT2D eigenvalue weighted by Gasteiger charge is 2.50. The van der Waals surface area contributed by atoms with Crippen molar-refractivity contribution < 1.29 is 58.9 Å². The molecule has 4 aliphatic rings. The minimum absolute atomic E-state index is 0.0696. The van der Waals surface area contributed by atoms with Crippen molar-refractivity contribution >= 4 is 40.3 Å². The van der Waals surface area contributed by atoms with E-state index in [0.29, 0.717) is 13.1 Å². The molecular formula is C53H77N3O12. The number of hydrogen-bond donors (Lipinski definition) is 6. The molecule has 68 heavy (non-hydrogen) atoms. The van der Waals surface area contributed by atoms with Crippen molar-refractivity contribution in [3.05, 3.63) is 52.8 Å². The van der Waals surface area contributed by atoms with E-state index < -0.39 is 88.8 Å². The van der Waals surface area contributed by atoms with E-state index in [4.69, 9.17) is 24.0 Å². The van der Waals surface area contributed by atoms with E-state index in [1.54, 1.807) is 46.8 Å². The lowest BCUT2D eigenvalue weighted by molar-refractivity contribution is -0.160. The van der Waals surface area contributed by atoms with Crippen LogP contribution in [0.2, 0.25) is 0 Å². The Bertz CT molecular complexity index is 2200. The number of hydrogen-bond acceptors (Lipinski definition) is 14. The van der Waals surface area contributed by atoms with Gasteiger partial charge in [0.2, 0.25) is 0 Å². The quantitative estimate of drug-likeness (QED) is 0.0730. The third kappa shape index (κ3) is 12.6. The van der Waals surface area contributed by atoms with Gasteiger partial charge in [0.15, 0.2) is 5.75 Å². The maximum Gasteiger partial charge on any atom is 0.312 e. The molecule has 4 heterocycles. The summed E-state index contributed by atoms with van der Waals surface area (Å²) in [5, 5.41) is 68.4. The lowest BCUT2D eigenvalue weighted by Gasteiger charge is -2.38. The molecule has 6 N–H and O–H groups in total. The lowest BCUT2D eigenvalue weighted by Crippen LogP contribution is -2.46. The molecule has 5 bridgehead atoms. The fourth-order valence-corrected chi connectivity index (χ4v) is 9.77. The number of aromatic hydroxyl groups is 3. The zero-order chi connectivity index (χ0) is 49.9. The Balaban J connectivity index is 1.66. The van der Waals surface area contributed by atoms with Crippen molar-refractivity contribution in [1.29, 1.82) is 0 Å². The number of Topliss-reactive ketones (excluding diaryl/α,β-unsaturated/α-hetero) is 1. The van der Waals surface area contributed by atoms with Gasteiger partial charge in [-0.1, -0.05) is 117 Å². The molecule has 376 valence electrons. The molecule has 2 aromatic carbocycles. The first-order valence-corrected chi connectivity index (χ1v) is 24.7. The number of phenols is 3. The number of rotatable bonds is 4. The van der Waals surface area contributed by atoms with Crippen molar-refractivity contribution in [2.75, 3.05) is 25.5 Å². The molecule has 9 atom stereocenters. The molecule has 4 aliphatic heterocycles. The third-order valence-corrected chi connectivity index (χ3v) is 14.2. The number of nitrogens with one attached hydrogen (secondary N) is 1. The topological polar surface area (TPSA) is 217 Å². The predicted molar refractivity (Wildman–Crippen MR) is 263 cm³/mol. The first-order chi connectivity index (χ1) is 32.3. The van der Waals surface area contributed by atoms with Gasteiger partial charge < -0.3 is 49.8 Å². The molecule has 15 heteroatoms. The molecule has 0 aromatic heterocycles. The van der Waals surface area contributed by atoms with Crippen LogP contribution in [0.4, 0.5) is 5.69 Å². The number of methoxy groups -OCH3 is 1. The zero-order valence-corrected chi connectivity index (χ0v) is 41.7. The van der Waals surface area contributed by atoms with Crippen LogP contribution >= 0.6 is 0 Å². The summed E-state index contributed by atoms with van der Waals surface area (Å²) in [4.78, 5) is 41.1. The van der Waals surface area contributed by atoms with Crippen LogP contribution in [0.3, 0.4) is 0 Å². The minimum Gasteiger partial charge on any atom is -0.507 e. The number of fused-ring (bicyclic) bond motifs is 14. The number of carbonyl (C=O) groups is 3. The second kappa shape index (κ2) is 24.4. The van der Waals surface area contributed by atoms with Gasteiger partial charge >= 0.3 is 11.8 Å². The number of aliphatic hydroxyl groups excluding tert-OH is 2. The summed E-state index contributed by atoms with van der Waals surface area (Å²) in [5.41, 5.74) is -0.238. The second-order valence-corrected chi connectivity index (χ2v) is 19.4. The summed E-state index contributed by atoms with van der Waals surface area (Å²) >= 11 is 0. The molecule has 2 aromatic rings. The number of phenolic OH excluding ortho intramolecular Hbond substituents is 3. The van der Waals surface area contributed by atoms with Gasteiger partial charge in [0.1, 0.15) is 23.4 Å². The van der Waals surface area contributed by atoms with E-state index >= 15 is 0 Å². The monoisotopic (exact) mass is 948 g/mol. The maximum absolute atomic E-state index is 14.7. The molecule has 1 fully saturated rings. The Hall–Kier alpha value is -5.12. The fourth-order valence-electron chi connectivity index (χ4n) is 9.77.